The molecular formula is C26H25N5O3. The fourth-order valence-electron chi connectivity index (χ4n) is 6.02. The standard InChI is InChI=1S/C26H25N5O3/c32-24-4-3-22(25(33)28-24)30-13-19-7-16(1-2-21(19)26(30)34)23-6-15(5-20-9-27-14-31(20)23)10-29-11-17-8-18(17)12-29/h1-2,5-7,9,14,17-18,22H,3-4,8,10-13H2,(H,28,32,33). The minimum absolute atomic E-state index is 0.148. The van der Waals surface area contributed by atoms with E-state index in [-0.39, 0.29) is 24.1 Å². The number of imidazole rings is 1. The first-order chi connectivity index (χ1) is 16.5. The van der Waals surface area contributed by atoms with Gasteiger partial charge in [0.05, 0.1) is 23.7 Å². The van der Waals surface area contributed by atoms with E-state index in [1.165, 1.54) is 25.1 Å². The summed E-state index contributed by atoms with van der Waals surface area (Å²) in [5, 5.41) is 2.36. The molecule has 1 aliphatic carbocycles. The molecule has 3 fully saturated rings. The minimum atomic E-state index is -0.601. The highest BCUT2D eigenvalue weighted by molar-refractivity contribution is 6.05. The molecule has 172 valence electrons. The van der Waals surface area contributed by atoms with Crippen LogP contribution in [0.3, 0.4) is 0 Å². The Morgan fingerprint density at radius 2 is 1.91 bits per heavy atom. The fourth-order valence-corrected chi connectivity index (χ4v) is 6.02. The Balaban J connectivity index is 1.20. The highest BCUT2D eigenvalue weighted by atomic mass is 16.2. The number of nitrogens with zero attached hydrogens (tertiary/aromatic N) is 4. The lowest BCUT2D eigenvalue weighted by Gasteiger charge is -2.29. The highest BCUT2D eigenvalue weighted by Crippen LogP contribution is 2.45. The molecule has 2 saturated heterocycles. The zero-order chi connectivity index (χ0) is 23.0. The molecule has 3 amide bonds. The van der Waals surface area contributed by atoms with Crippen LogP contribution in [0.25, 0.3) is 16.8 Å². The third kappa shape index (κ3) is 3.16. The number of nitrogens with one attached hydrogen (secondary N) is 1. The zero-order valence-electron chi connectivity index (χ0n) is 18.7. The van der Waals surface area contributed by atoms with Crippen LogP contribution in [0, 0.1) is 11.8 Å². The number of aromatic nitrogens is 2. The van der Waals surface area contributed by atoms with Crippen LogP contribution < -0.4 is 5.32 Å². The van der Waals surface area contributed by atoms with Gasteiger partial charge in [0.1, 0.15) is 6.04 Å². The number of likely N-dealkylation sites (tertiary alicyclic amines) is 1. The summed E-state index contributed by atoms with van der Waals surface area (Å²) < 4.78 is 2.08. The second kappa shape index (κ2) is 7.24. The van der Waals surface area contributed by atoms with Gasteiger partial charge in [0.25, 0.3) is 5.91 Å². The molecule has 0 radical (unpaired) electrons. The number of rotatable bonds is 4. The average molecular weight is 456 g/mol. The van der Waals surface area contributed by atoms with Crippen molar-refractivity contribution in [3.8, 4) is 11.3 Å². The monoisotopic (exact) mass is 455 g/mol. The van der Waals surface area contributed by atoms with Crippen LogP contribution in [0.1, 0.15) is 40.7 Å². The number of imide groups is 1. The first-order valence-corrected chi connectivity index (χ1v) is 12.0. The Morgan fingerprint density at radius 3 is 2.74 bits per heavy atom. The summed E-state index contributed by atoms with van der Waals surface area (Å²) in [6.07, 6.45) is 5.73. The number of piperidine rings is 2. The number of benzene rings is 1. The summed E-state index contributed by atoms with van der Waals surface area (Å²) >= 11 is 0. The number of hydrogen-bond acceptors (Lipinski definition) is 5. The van der Waals surface area contributed by atoms with Crippen molar-refractivity contribution in [1.82, 2.24) is 24.5 Å². The van der Waals surface area contributed by atoms with Gasteiger partial charge in [-0.25, -0.2) is 4.98 Å². The van der Waals surface area contributed by atoms with Crippen molar-refractivity contribution in [2.24, 2.45) is 11.8 Å². The van der Waals surface area contributed by atoms with Crippen LogP contribution in [-0.4, -0.2) is 56.0 Å². The second-order valence-electron chi connectivity index (χ2n) is 10.2. The normalized spacial score (nSPS) is 26.2. The van der Waals surface area contributed by atoms with Gasteiger partial charge in [0, 0.05) is 38.2 Å². The van der Waals surface area contributed by atoms with Gasteiger partial charge in [-0.3, -0.25) is 29.0 Å². The predicted octanol–water partition coefficient (Wildman–Crippen LogP) is 2.21. The maximum absolute atomic E-state index is 13.1. The molecule has 34 heavy (non-hydrogen) atoms. The summed E-state index contributed by atoms with van der Waals surface area (Å²) in [6.45, 7) is 3.70. The fraction of sp³-hybridized carbons (Fsp3) is 0.385. The Morgan fingerprint density at radius 1 is 1.06 bits per heavy atom. The van der Waals surface area contributed by atoms with E-state index in [0.717, 1.165) is 40.7 Å². The van der Waals surface area contributed by atoms with Crippen LogP contribution in [0.5, 0.6) is 0 Å². The van der Waals surface area contributed by atoms with E-state index in [4.69, 9.17) is 0 Å². The van der Waals surface area contributed by atoms with E-state index >= 15 is 0 Å². The average Bonchev–Trinajstić information content (AvgIpc) is 3.15. The lowest BCUT2D eigenvalue weighted by molar-refractivity contribution is -0.136. The van der Waals surface area contributed by atoms with Crippen molar-refractivity contribution < 1.29 is 14.4 Å². The van der Waals surface area contributed by atoms with Crippen molar-refractivity contribution in [2.45, 2.75) is 38.4 Å². The molecule has 3 unspecified atom stereocenters. The summed E-state index contributed by atoms with van der Waals surface area (Å²) in [5.41, 5.74) is 5.92. The Bertz CT molecular complexity index is 1370. The molecule has 1 saturated carbocycles. The van der Waals surface area contributed by atoms with Gasteiger partial charge in [0.15, 0.2) is 0 Å². The van der Waals surface area contributed by atoms with Crippen LogP contribution in [-0.2, 0) is 22.7 Å². The van der Waals surface area contributed by atoms with Gasteiger partial charge in [-0.2, -0.15) is 0 Å². The van der Waals surface area contributed by atoms with Crippen molar-refractivity contribution in [2.75, 3.05) is 13.1 Å². The topological polar surface area (TPSA) is 87.0 Å². The first-order valence-electron chi connectivity index (χ1n) is 12.0. The van der Waals surface area contributed by atoms with Crippen molar-refractivity contribution in [1.29, 1.82) is 0 Å². The number of hydrogen-bond donors (Lipinski definition) is 1. The maximum atomic E-state index is 13.1. The summed E-state index contributed by atoms with van der Waals surface area (Å²) in [5.74, 6) is 0.998. The van der Waals surface area contributed by atoms with Crippen LogP contribution in [0.15, 0.2) is 42.9 Å². The first kappa shape index (κ1) is 19.9. The lowest BCUT2D eigenvalue weighted by Crippen LogP contribution is -2.52. The van der Waals surface area contributed by atoms with Crippen LogP contribution in [0.2, 0.25) is 0 Å². The summed E-state index contributed by atoms with van der Waals surface area (Å²) in [4.78, 5) is 45.5. The second-order valence-corrected chi connectivity index (χ2v) is 10.2. The molecule has 1 N–H and O–H groups in total. The van der Waals surface area contributed by atoms with Crippen LogP contribution >= 0.6 is 0 Å². The number of amides is 3. The molecule has 8 nitrogen and oxygen atoms in total. The van der Waals surface area contributed by atoms with Gasteiger partial charge in [-0.15, -0.1) is 0 Å². The van der Waals surface area contributed by atoms with Crippen molar-refractivity contribution in [3.05, 3.63) is 59.5 Å². The van der Waals surface area contributed by atoms with Gasteiger partial charge in [0.2, 0.25) is 11.8 Å². The lowest BCUT2D eigenvalue weighted by atomic mass is 10.0. The molecule has 5 heterocycles. The van der Waals surface area contributed by atoms with Crippen molar-refractivity contribution >= 4 is 23.2 Å². The minimum Gasteiger partial charge on any atom is -0.322 e. The molecule has 3 aliphatic heterocycles. The van der Waals surface area contributed by atoms with E-state index < -0.39 is 6.04 Å². The van der Waals surface area contributed by atoms with E-state index in [2.05, 4.69) is 37.8 Å². The number of fused-ring (bicyclic) bond motifs is 3. The molecular weight excluding hydrogens is 430 g/mol. The molecule has 7 rings (SSSR count). The molecule has 3 atom stereocenters. The molecule has 1 aromatic carbocycles. The third-order valence-electron chi connectivity index (χ3n) is 7.86. The van der Waals surface area contributed by atoms with Crippen molar-refractivity contribution in [3.63, 3.8) is 0 Å². The SMILES string of the molecule is O=C1CCC(N2Cc3cc(-c4cc(CN5CC6CC6C5)cc5cncn45)ccc3C2=O)C(=O)N1. The van der Waals surface area contributed by atoms with Crippen LogP contribution in [0.4, 0.5) is 0 Å². The molecule has 2 aromatic heterocycles. The van der Waals surface area contributed by atoms with E-state index in [9.17, 15) is 14.4 Å². The van der Waals surface area contributed by atoms with Gasteiger partial charge >= 0.3 is 0 Å². The largest absolute Gasteiger partial charge is 0.322 e. The third-order valence-corrected chi connectivity index (χ3v) is 7.86. The zero-order valence-corrected chi connectivity index (χ0v) is 18.7. The Kier molecular flexibility index (Phi) is 4.24. The summed E-state index contributed by atoms with van der Waals surface area (Å²) in [6, 6.07) is 9.74. The van der Waals surface area contributed by atoms with E-state index in [1.807, 2.05) is 24.7 Å². The smallest absolute Gasteiger partial charge is 0.255 e. The molecule has 0 bridgehead atoms. The van der Waals surface area contributed by atoms with Gasteiger partial charge < -0.3 is 4.90 Å². The number of carbonyl (C=O) groups is 3. The Labute approximate surface area is 196 Å². The Hall–Kier alpha value is -3.52. The highest BCUT2D eigenvalue weighted by Gasteiger charge is 2.44. The van der Waals surface area contributed by atoms with E-state index in [0.29, 0.717) is 18.5 Å². The molecule has 0 spiro atoms. The number of carbonyl (C=O) groups excluding carboxylic acids is 3. The predicted molar refractivity (Wildman–Crippen MR) is 124 cm³/mol. The van der Waals surface area contributed by atoms with E-state index in [1.54, 1.807) is 4.90 Å². The van der Waals surface area contributed by atoms with Gasteiger partial charge in [-0.05, 0) is 65.6 Å². The molecule has 3 aromatic rings. The quantitative estimate of drug-likeness (QED) is 0.610. The molecule has 4 aliphatic rings. The number of pyridine rings is 1. The van der Waals surface area contributed by atoms with Gasteiger partial charge in [-0.1, -0.05) is 6.07 Å². The maximum Gasteiger partial charge on any atom is 0.255 e. The summed E-state index contributed by atoms with van der Waals surface area (Å²) in [7, 11) is 0. The molecule has 8 heteroatoms.